The average molecular weight is 360 g/mol. The molecule has 0 spiro atoms. The Hall–Kier alpha value is -3.65. The van der Waals surface area contributed by atoms with Crippen molar-refractivity contribution in [3.63, 3.8) is 0 Å². The topological polar surface area (TPSA) is 66.0 Å². The van der Waals surface area contributed by atoms with Gasteiger partial charge >= 0.3 is 0 Å². The van der Waals surface area contributed by atoms with Gasteiger partial charge in [0.15, 0.2) is 0 Å². The van der Waals surface area contributed by atoms with Gasteiger partial charge in [0.2, 0.25) is 0 Å². The van der Waals surface area contributed by atoms with Crippen molar-refractivity contribution in [1.82, 2.24) is 5.32 Å². The molecule has 0 radical (unpaired) electrons. The highest BCUT2D eigenvalue weighted by molar-refractivity contribution is 6.01. The summed E-state index contributed by atoms with van der Waals surface area (Å²) in [7, 11) is 0. The maximum Gasteiger partial charge on any atom is 0.262 e. The van der Waals surface area contributed by atoms with Crippen LogP contribution >= 0.6 is 0 Å². The first-order chi connectivity index (χ1) is 13.2. The minimum absolute atomic E-state index is 0.0388. The molecule has 27 heavy (non-hydrogen) atoms. The Balaban J connectivity index is 1.64. The van der Waals surface area contributed by atoms with Crippen LogP contribution in [0.5, 0.6) is 0 Å². The van der Waals surface area contributed by atoms with Gasteiger partial charge in [0, 0.05) is 18.2 Å². The number of hydrogen-bond acceptors (Lipinski definition) is 3. The van der Waals surface area contributed by atoms with Crippen LogP contribution in [-0.4, -0.2) is 12.5 Å². The molecule has 0 aliphatic rings. The molecule has 1 aromatic heterocycles. The summed E-state index contributed by atoms with van der Waals surface area (Å²) < 4.78 is 18.6. The molecular weight excluding hydrogens is 343 g/mol. The molecule has 0 saturated carbocycles. The summed E-state index contributed by atoms with van der Waals surface area (Å²) in [6.45, 7) is 0.431. The zero-order valence-corrected chi connectivity index (χ0v) is 14.5. The second kappa shape index (κ2) is 8.63. The molecule has 0 aliphatic heterocycles. The number of nitrogens with one attached hydrogen (secondary N) is 1. The van der Waals surface area contributed by atoms with Gasteiger partial charge in [0.1, 0.15) is 29.0 Å². The first kappa shape index (κ1) is 18.2. The van der Waals surface area contributed by atoms with Gasteiger partial charge in [-0.05, 0) is 48.4 Å². The van der Waals surface area contributed by atoms with Crippen LogP contribution in [0, 0.1) is 17.1 Å². The van der Waals surface area contributed by atoms with Crippen molar-refractivity contribution in [3.05, 3.63) is 89.4 Å². The fourth-order valence-electron chi connectivity index (χ4n) is 2.55. The van der Waals surface area contributed by atoms with Gasteiger partial charge in [-0.2, -0.15) is 5.26 Å². The molecule has 3 rings (SSSR count). The third-order valence-electron chi connectivity index (χ3n) is 3.95. The molecular formula is C22H17FN2O2. The van der Waals surface area contributed by atoms with Crippen molar-refractivity contribution in [2.24, 2.45) is 0 Å². The molecule has 0 saturated heterocycles. The lowest BCUT2D eigenvalue weighted by molar-refractivity contribution is -0.117. The van der Waals surface area contributed by atoms with Crippen molar-refractivity contribution in [3.8, 4) is 17.4 Å². The van der Waals surface area contributed by atoms with Crippen molar-refractivity contribution in [2.75, 3.05) is 6.54 Å². The molecule has 3 aromatic rings. The van der Waals surface area contributed by atoms with E-state index in [1.54, 1.807) is 24.3 Å². The largest absolute Gasteiger partial charge is 0.457 e. The molecule has 1 amide bonds. The number of hydrogen-bond donors (Lipinski definition) is 1. The van der Waals surface area contributed by atoms with Crippen molar-refractivity contribution < 1.29 is 13.6 Å². The van der Waals surface area contributed by atoms with Crippen LogP contribution in [0.2, 0.25) is 0 Å². The molecule has 5 heteroatoms. The van der Waals surface area contributed by atoms with E-state index >= 15 is 0 Å². The van der Waals surface area contributed by atoms with Gasteiger partial charge in [-0.15, -0.1) is 0 Å². The number of benzene rings is 2. The van der Waals surface area contributed by atoms with Crippen LogP contribution in [-0.2, 0) is 11.2 Å². The zero-order valence-electron chi connectivity index (χ0n) is 14.5. The molecule has 0 atom stereocenters. The van der Waals surface area contributed by atoms with Crippen LogP contribution in [0.15, 0.2) is 76.7 Å². The summed E-state index contributed by atoms with van der Waals surface area (Å²) in [6, 6.07) is 20.9. The monoisotopic (exact) mass is 360 g/mol. The summed E-state index contributed by atoms with van der Waals surface area (Å²) in [4.78, 5) is 12.2. The van der Waals surface area contributed by atoms with E-state index in [-0.39, 0.29) is 11.4 Å². The number of carbonyl (C=O) groups excluding carboxylic acids is 1. The highest BCUT2D eigenvalue weighted by Crippen LogP contribution is 2.23. The van der Waals surface area contributed by atoms with Crippen LogP contribution in [0.4, 0.5) is 4.39 Å². The number of nitriles is 1. The van der Waals surface area contributed by atoms with Gasteiger partial charge in [0.05, 0.1) is 0 Å². The maximum absolute atomic E-state index is 13.0. The Morgan fingerprint density at radius 1 is 1.07 bits per heavy atom. The van der Waals surface area contributed by atoms with E-state index in [1.165, 1.54) is 18.2 Å². The maximum atomic E-state index is 13.0. The lowest BCUT2D eigenvalue weighted by Crippen LogP contribution is -2.26. The lowest BCUT2D eigenvalue weighted by Gasteiger charge is -2.04. The van der Waals surface area contributed by atoms with E-state index in [0.29, 0.717) is 30.0 Å². The van der Waals surface area contributed by atoms with Crippen LogP contribution in [0.3, 0.4) is 0 Å². The first-order valence-electron chi connectivity index (χ1n) is 8.45. The Morgan fingerprint density at radius 3 is 2.52 bits per heavy atom. The number of carbonyl (C=O) groups is 1. The Kier molecular flexibility index (Phi) is 5.80. The molecule has 134 valence electrons. The fourth-order valence-corrected chi connectivity index (χ4v) is 2.55. The van der Waals surface area contributed by atoms with Gasteiger partial charge in [-0.3, -0.25) is 4.79 Å². The highest BCUT2D eigenvalue weighted by Gasteiger charge is 2.11. The molecule has 1 N–H and O–H groups in total. The van der Waals surface area contributed by atoms with Gasteiger partial charge < -0.3 is 9.73 Å². The molecule has 1 heterocycles. The van der Waals surface area contributed by atoms with E-state index in [4.69, 9.17) is 4.42 Å². The van der Waals surface area contributed by atoms with Crippen molar-refractivity contribution in [1.29, 1.82) is 5.26 Å². The number of rotatable bonds is 6. The van der Waals surface area contributed by atoms with E-state index in [2.05, 4.69) is 5.32 Å². The Morgan fingerprint density at radius 2 is 1.81 bits per heavy atom. The van der Waals surface area contributed by atoms with Crippen molar-refractivity contribution >= 4 is 12.0 Å². The normalized spacial score (nSPS) is 11.0. The van der Waals surface area contributed by atoms with Gasteiger partial charge in [0.25, 0.3) is 5.91 Å². The van der Waals surface area contributed by atoms with E-state index < -0.39 is 5.91 Å². The fraction of sp³-hybridized carbons (Fsp3) is 0.0909. The summed E-state index contributed by atoms with van der Waals surface area (Å²) >= 11 is 0. The third kappa shape index (κ3) is 4.93. The molecule has 0 bridgehead atoms. The standard InChI is InChI=1S/C22H17FN2O2/c23-19-8-6-17(7-9-19)21-11-10-20(27-21)14-18(15-24)22(26)25-13-12-16-4-2-1-3-5-16/h1-11,14H,12-13H2,(H,25,26)/b18-14+. The molecule has 4 nitrogen and oxygen atoms in total. The number of halogens is 1. The molecule has 0 unspecified atom stereocenters. The number of furan rings is 1. The highest BCUT2D eigenvalue weighted by atomic mass is 19.1. The summed E-state index contributed by atoms with van der Waals surface area (Å²) in [6.07, 6.45) is 2.08. The third-order valence-corrected chi connectivity index (χ3v) is 3.95. The average Bonchev–Trinajstić information content (AvgIpc) is 3.16. The molecule has 2 aromatic carbocycles. The van der Waals surface area contributed by atoms with E-state index in [0.717, 1.165) is 5.56 Å². The lowest BCUT2D eigenvalue weighted by atomic mass is 10.1. The van der Waals surface area contributed by atoms with Gasteiger partial charge in [-0.25, -0.2) is 4.39 Å². The Labute approximate surface area is 156 Å². The minimum atomic E-state index is -0.451. The minimum Gasteiger partial charge on any atom is -0.457 e. The van der Waals surface area contributed by atoms with Crippen LogP contribution in [0.1, 0.15) is 11.3 Å². The number of nitrogens with zero attached hydrogens (tertiary/aromatic N) is 1. The zero-order chi connectivity index (χ0) is 19.1. The second-order valence-corrected chi connectivity index (χ2v) is 5.87. The predicted molar refractivity (Wildman–Crippen MR) is 101 cm³/mol. The quantitative estimate of drug-likeness (QED) is 0.525. The smallest absolute Gasteiger partial charge is 0.262 e. The SMILES string of the molecule is N#C/C(=C\c1ccc(-c2ccc(F)cc2)o1)C(=O)NCCc1ccccc1. The van der Waals surface area contributed by atoms with E-state index in [9.17, 15) is 14.4 Å². The summed E-state index contributed by atoms with van der Waals surface area (Å²) in [5.41, 5.74) is 1.78. The van der Waals surface area contributed by atoms with Gasteiger partial charge in [-0.1, -0.05) is 30.3 Å². The predicted octanol–water partition coefficient (Wildman–Crippen LogP) is 4.35. The van der Waals surface area contributed by atoms with E-state index in [1.807, 2.05) is 36.4 Å². The Bertz CT molecular complexity index is 983. The molecule has 0 fully saturated rings. The van der Waals surface area contributed by atoms with Crippen LogP contribution < -0.4 is 5.32 Å². The first-order valence-corrected chi connectivity index (χ1v) is 8.45. The second-order valence-electron chi connectivity index (χ2n) is 5.87. The van der Waals surface area contributed by atoms with Crippen LogP contribution in [0.25, 0.3) is 17.4 Å². The number of amides is 1. The summed E-state index contributed by atoms with van der Waals surface area (Å²) in [5.74, 6) is 0.129. The summed E-state index contributed by atoms with van der Waals surface area (Å²) in [5, 5.41) is 12.0. The molecule has 0 aliphatic carbocycles. The van der Waals surface area contributed by atoms with Crippen molar-refractivity contribution in [2.45, 2.75) is 6.42 Å².